The normalized spacial score (nSPS) is 12.4. The van der Waals surface area contributed by atoms with Crippen LogP contribution in [0.25, 0.3) is 0 Å². The third-order valence-corrected chi connectivity index (χ3v) is 5.37. The molecule has 1 aliphatic rings. The largest absolute Gasteiger partial charge is 0.457 e. The van der Waals surface area contributed by atoms with E-state index in [0.29, 0.717) is 34.1 Å². The Morgan fingerprint density at radius 1 is 0.735 bits per heavy atom. The van der Waals surface area contributed by atoms with Crippen LogP contribution < -0.4 is 20.7 Å². The average Bonchev–Trinajstić information content (AvgIpc) is 3.09. The number of benzene rings is 4. The summed E-state index contributed by atoms with van der Waals surface area (Å²) in [6, 6.07) is 27.2. The zero-order valence-corrected chi connectivity index (χ0v) is 17.9. The molecule has 0 atom stereocenters. The van der Waals surface area contributed by atoms with E-state index in [-0.39, 0.29) is 17.0 Å². The van der Waals surface area contributed by atoms with Crippen LogP contribution in [0.5, 0.6) is 11.5 Å². The average molecular weight is 449 g/mol. The minimum Gasteiger partial charge on any atom is -0.457 e. The van der Waals surface area contributed by atoms with Crippen molar-refractivity contribution in [2.24, 2.45) is 0 Å². The van der Waals surface area contributed by atoms with Crippen molar-refractivity contribution in [3.05, 3.63) is 114 Å². The number of carbonyl (C=O) groups is 3. The van der Waals surface area contributed by atoms with E-state index in [4.69, 9.17) is 10.5 Å². The van der Waals surface area contributed by atoms with Gasteiger partial charge in [0.05, 0.1) is 16.8 Å². The molecule has 0 aromatic heterocycles. The van der Waals surface area contributed by atoms with Crippen molar-refractivity contribution >= 4 is 34.8 Å². The van der Waals surface area contributed by atoms with Crippen molar-refractivity contribution in [3.63, 3.8) is 0 Å². The van der Waals surface area contributed by atoms with Crippen molar-refractivity contribution in [3.8, 4) is 11.5 Å². The first-order chi connectivity index (χ1) is 16.5. The predicted octanol–water partition coefficient (Wildman–Crippen LogP) is 5.11. The molecular weight excluding hydrogens is 430 g/mol. The van der Waals surface area contributed by atoms with Gasteiger partial charge in [-0.15, -0.1) is 0 Å². The number of nitrogens with two attached hydrogens (primary N) is 1. The Hall–Kier alpha value is -4.91. The molecule has 5 rings (SSSR count). The van der Waals surface area contributed by atoms with Crippen molar-refractivity contribution in [1.82, 2.24) is 0 Å². The third-order valence-electron chi connectivity index (χ3n) is 5.37. The van der Waals surface area contributed by atoms with Crippen LogP contribution in [-0.4, -0.2) is 17.7 Å². The van der Waals surface area contributed by atoms with E-state index in [9.17, 15) is 14.4 Å². The molecule has 0 radical (unpaired) electrons. The van der Waals surface area contributed by atoms with Gasteiger partial charge in [-0.2, -0.15) is 0 Å². The Balaban J connectivity index is 1.35. The molecule has 3 amide bonds. The van der Waals surface area contributed by atoms with Gasteiger partial charge in [0, 0.05) is 16.9 Å². The van der Waals surface area contributed by atoms with Gasteiger partial charge in [0.1, 0.15) is 11.5 Å². The zero-order valence-electron chi connectivity index (χ0n) is 17.9. The lowest BCUT2D eigenvalue weighted by Crippen LogP contribution is -2.29. The quantitative estimate of drug-likeness (QED) is 0.325. The van der Waals surface area contributed by atoms with Gasteiger partial charge in [0.25, 0.3) is 17.7 Å². The number of fused-ring (bicyclic) bond motifs is 1. The maximum absolute atomic E-state index is 13.1. The summed E-state index contributed by atoms with van der Waals surface area (Å²) in [6.45, 7) is 0. The van der Waals surface area contributed by atoms with Gasteiger partial charge < -0.3 is 15.8 Å². The molecule has 0 saturated carbocycles. The van der Waals surface area contributed by atoms with Crippen LogP contribution in [0, 0.1) is 0 Å². The summed E-state index contributed by atoms with van der Waals surface area (Å²) in [5, 5.41) is 2.74. The van der Waals surface area contributed by atoms with Crippen molar-refractivity contribution in [2.45, 2.75) is 0 Å². The molecule has 1 aliphatic heterocycles. The molecule has 7 heteroatoms. The molecule has 4 aromatic rings. The Morgan fingerprint density at radius 2 is 1.44 bits per heavy atom. The highest BCUT2D eigenvalue weighted by Crippen LogP contribution is 2.32. The zero-order chi connectivity index (χ0) is 23.7. The molecule has 0 bridgehead atoms. The second kappa shape index (κ2) is 8.55. The molecule has 0 aliphatic carbocycles. The first-order valence-electron chi connectivity index (χ1n) is 10.5. The summed E-state index contributed by atoms with van der Waals surface area (Å²) in [6.07, 6.45) is 0. The minimum atomic E-state index is -0.461. The molecule has 7 nitrogen and oxygen atoms in total. The van der Waals surface area contributed by atoms with Crippen LogP contribution in [0.4, 0.5) is 17.1 Å². The lowest BCUT2D eigenvalue weighted by molar-refractivity contribution is 0.0924. The lowest BCUT2D eigenvalue weighted by Gasteiger charge is -2.14. The fraction of sp³-hybridized carbons (Fsp3) is 0. The van der Waals surface area contributed by atoms with E-state index in [2.05, 4.69) is 5.32 Å². The Bertz CT molecular complexity index is 1420. The molecule has 0 unspecified atom stereocenters. The van der Waals surface area contributed by atoms with E-state index in [0.717, 1.165) is 4.90 Å². The van der Waals surface area contributed by atoms with Gasteiger partial charge >= 0.3 is 0 Å². The van der Waals surface area contributed by atoms with E-state index in [1.807, 2.05) is 30.3 Å². The molecule has 0 spiro atoms. The molecule has 0 fully saturated rings. The van der Waals surface area contributed by atoms with Crippen LogP contribution in [0.3, 0.4) is 0 Å². The van der Waals surface area contributed by atoms with Gasteiger partial charge in [0.2, 0.25) is 0 Å². The maximum atomic E-state index is 13.1. The second-order valence-corrected chi connectivity index (χ2v) is 7.69. The van der Waals surface area contributed by atoms with Crippen LogP contribution in [0.15, 0.2) is 97.1 Å². The van der Waals surface area contributed by atoms with Crippen molar-refractivity contribution in [2.75, 3.05) is 16.0 Å². The van der Waals surface area contributed by atoms with Gasteiger partial charge in [-0.3, -0.25) is 14.4 Å². The standard InChI is InChI=1S/C27H19N3O4/c28-18-6-4-5-17(15-18)25(31)29-19-9-14-23-24(16-19)27(33)30(26(23)32)20-10-12-22(13-11-20)34-21-7-2-1-3-8-21/h1-16H,28H2,(H,29,31). The summed E-state index contributed by atoms with van der Waals surface area (Å²) in [7, 11) is 0. The van der Waals surface area contributed by atoms with Crippen LogP contribution >= 0.6 is 0 Å². The Labute approximate surface area is 195 Å². The number of para-hydroxylation sites is 1. The highest BCUT2D eigenvalue weighted by Gasteiger charge is 2.37. The molecule has 166 valence electrons. The monoisotopic (exact) mass is 449 g/mol. The first kappa shape index (κ1) is 21.0. The number of anilines is 3. The number of imide groups is 1. The smallest absolute Gasteiger partial charge is 0.266 e. The van der Waals surface area contributed by atoms with E-state index < -0.39 is 11.8 Å². The molecule has 34 heavy (non-hydrogen) atoms. The summed E-state index contributed by atoms with van der Waals surface area (Å²) in [5.41, 5.74) is 7.93. The number of nitrogens with one attached hydrogen (secondary N) is 1. The lowest BCUT2D eigenvalue weighted by atomic mass is 10.1. The third kappa shape index (κ3) is 3.98. The number of hydrogen-bond donors (Lipinski definition) is 2. The van der Waals surface area contributed by atoms with Crippen molar-refractivity contribution in [1.29, 1.82) is 0 Å². The summed E-state index contributed by atoms with van der Waals surface area (Å²) in [4.78, 5) is 39.7. The van der Waals surface area contributed by atoms with E-state index in [1.54, 1.807) is 54.6 Å². The molecule has 4 aromatic carbocycles. The van der Waals surface area contributed by atoms with Gasteiger partial charge in [0.15, 0.2) is 0 Å². The van der Waals surface area contributed by atoms with Gasteiger partial charge in [-0.1, -0.05) is 24.3 Å². The molecular formula is C27H19N3O4. The van der Waals surface area contributed by atoms with E-state index in [1.165, 1.54) is 12.1 Å². The number of carbonyl (C=O) groups excluding carboxylic acids is 3. The number of amides is 3. The summed E-state index contributed by atoms with van der Waals surface area (Å²) in [5.74, 6) is 0.0129. The first-order valence-corrected chi connectivity index (χ1v) is 10.5. The fourth-order valence-corrected chi connectivity index (χ4v) is 3.72. The van der Waals surface area contributed by atoms with Gasteiger partial charge in [-0.05, 0) is 72.8 Å². The van der Waals surface area contributed by atoms with Crippen LogP contribution in [0.1, 0.15) is 31.1 Å². The highest BCUT2D eigenvalue weighted by molar-refractivity contribution is 6.34. The van der Waals surface area contributed by atoms with Crippen molar-refractivity contribution < 1.29 is 19.1 Å². The number of hydrogen-bond acceptors (Lipinski definition) is 5. The topological polar surface area (TPSA) is 102 Å². The van der Waals surface area contributed by atoms with Gasteiger partial charge in [-0.25, -0.2) is 4.90 Å². The summed E-state index contributed by atoms with van der Waals surface area (Å²) < 4.78 is 5.77. The fourth-order valence-electron chi connectivity index (χ4n) is 3.72. The highest BCUT2D eigenvalue weighted by atomic mass is 16.5. The summed E-state index contributed by atoms with van der Waals surface area (Å²) >= 11 is 0. The number of nitrogen functional groups attached to an aromatic ring is 1. The number of ether oxygens (including phenoxy) is 1. The second-order valence-electron chi connectivity index (χ2n) is 7.69. The molecule has 0 saturated heterocycles. The van der Waals surface area contributed by atoms with E-state index >= 15 is 0 Å². The Morgan fingerprint density at radius 3 is 2.18 bits per heavy atom. The molecule has 3 N–H and O–H groups in total. The number of rotatable bonds is 5. The maximum Gasteiger partial charge on any atom is 0.266 e. The van der Waals surface area contributed by atoms with Crippen LogP contribution in [-0.2, 0) is 0 Å². The predicted molar refractivity (Wildman–Crippen MR) is 129 cm³/mol. The number of nitrogens with zero attached hydrogens (tertiary/aromatic N) is 1. The SMILES string of the molecule is Nc1cccc(C(=O)Nc2ccc3c(c2)C(=O)N(c2ccc(Oc4ccccc4)cc2)C3=O)c1. The Kier molecular flexibility index (Phi) is 5.27. The van der Waals surface area contributed by atoms with Crippen LogP contribution in [0.2, 0.25) is 0 Å². The molecule has 1 heterocycles. The minimum absolute atomic E-state index is 0.222.